The van der Waals surface area contributed by atoms with Crippen molar-refractivity contribution >= 4 is 29.0 Å². The molecule has 0 saturated carbocycles. The van der Waals surface area contributed by atoms with Crippen LogP contribution in [0.5, 0.6) is 0 Å². The molecule has 2 aliphatic rings. The number of carbonyl (C=O) groups is 2. The van der Waals surface area contributed by atoms with E-state index in [-0.39, 0.29) is 29.9 Å². The summed E-state index contributed by atoms with van der Waals surface area (Å²) in [6.07, 6.45) is 4.11. The molecule has 1 aromatic heterocycles. The summed E-state index contributed by atoms with van der Waals surface area (Å²) >= 11 is 0. The number of anilines is 3. The van der Waals surface area contributed by atoms with Crippen LogP contribution in [0.15, 0.2) is 30.7 Å². The first kappa shape index (κ1) is 25.8. The molecule has 2 aliphatic heterocycles. The topological polar surface area (TPSA) is 84.9 Å². The Morgan fingerprint density at radius 2 is 1.97 bits per heavy atom. The maximum atomic E-state index is 14.3. The summed E-state index contributed by atoms with van der Waals surface area (Å²) in [4.78, 5) is 42.9. The van der Waals surface area contributed by atoms with Crippen molar-refractivity contribution in [1.29, 1.82) is 0 Å². The predicted molar refractivity (Wildman–Crippen MR) is 138 cm³/mol. The molecule has 2 aromatic rings. The summed E-state index contributed by atoms with van der Waals surface area (Å²) in [6.45, 7) is 10.8. The van der Waals surface area contributed by atoms with Crippen molar-refractivity contribution in [1.82, 2.24) is 25.1 Å². The summed E-state index contributed by atoms with van der Waals surface area (Å²) in [7, 11) is 1.79. The fraction of sp³-hybridized carbons (Fsp3) is 0.538. The second-order valence-electron chi connectivity index (χ2n) is 9.66. The molecule has 194 valence electrons. The van der Waals surface area contributed by atoms with Gasteiger partial charge in [-0.2, -0.15) is 0 Å². The van der Waals surface area contributed by atoms with Crippen LogP contribution in [0, 0.1) is 5.82 Å². The van der Waals surface area contributed by atoms with Gasteiger partial charge < -0.3 is 24.9 Å². The number of nitrogens with one attached hydrogen (secondary N) is 1. The zero-order chi connectivity index (χ0) is 26.0. The first-order valence-electron chi connectivity index (χ1n) is 12.7. The summed E-state index contributed by atoms with van der Waals surface area (Å²) in [6, 6.07) is 4.28. The highest BCUT2D eigenvalue weighted by Gasteiger charge is 2.37. The van der Waals surface area contributed by atoms with Gasteiger partial charge in [-0.25, -0.2) is 14.4 Å². The fourth-order valence-corrected chi connectivity index (χ4v) is 5.17. The minimum atomic E-state index is -0.448. The van der Waals surface area contributed by atoms with Gasteiger partial charge in [0.15, 0.2) is 5.82 Å². The number of hydrogen-bond acceptors (Lipinski definition) is 7. The smallest absolute Gasteiger partial charge is 0.256 e. The highest BCUT2D eigenvalue weighted by atomic mass is 19.1. The normalized spacial score (nSPS) is 18.4. The molecule has 1 N–H and O–H groups in total. The summed E-state index contributed by atoms with van der Waals surface area (Å²) in [5.74, 6) is 0.209. The lowest BCUT2D eigenvalue weighted by atomic mass is 10.1. The van der Waals surface area contributed by atoms with Gasteiger partial charge >= 0.3 is 0 Å². The van der Waals surface area contributed by atoms with Crippen LogP contribution in [-0.4, -0.2) is 89.5 Å². The van der Waals surface area contributed by atoms with Gasteiger partial charge in [-0.1, -0.05) is 0 Å². The van der Waals surface area contributed by atoms with Crippen LogP contribution in [0.25, 0.3) is 0 Å². The zero-order valence-electron chi connectivity index (χ0n) is 21.7. The van der Waals surface area contributed by atoms with Crippen molar-refractivity contribution in [2.24, 2.45) is 0 Å². The van der Waals surface area contributed by atoms with E-state index < -0.39 is 5.82 Å². The van der Waals surface area contributed by atoms with Gasteiger partial charge in [-0.3, -0.25) is 9.59 Å². The Morgan fingerprint density at radius 1 is 1.19 bits per heavy atom. The monoisotopic (exact) mass is 497 g/mol. The number of aromatic nitrogens is 2. The maximum Gasteiger partial charge on any atom is 0.256 e. The lowest BCUT2D eigenvalue weighted by Crippen LogP contribution is -2.48. The molecule has 10 heteroatoms. The highest BCUT2D eigenvalue weighted by molar-refractivity contribution is 6.01. The third kappa shape index (κ3) is 4.86. The molecule has 0 radical (unpaired) electrons. The number of likely N-dealkylation sites (N-methyl/N-ethyl adjacent to an activating group) is 1. The summed E-state index contributed by atoms with van der Waals surface area (Å²) in [5.41, 5.74) is 1.74. The maximum absolute atomic E-state index is 14.3. The van der Waals surface area contributed by atoms with E-state index in [4.69, 9.17) is 0 Å². The van der Waals surface area contributed by atoms with E-state index in [9.17, 15) is 14.0 Å². The molecule has 2 amide bonds. The molecule has 1 aromatic carbocycles. The predicted octanol–water partition coefficient (Wildman–Crippen LogP) is 2.65. The molecular weight excluding hydrogens is 461 g/mol. The van der Waals surface area contributed by atoms with Gasteiger partial charge in [0.05, 0.1) is 23.5 Å². The Hall–Kier alpha value is -3.27. The molecule has 2 atom stereocenters. The van der Waals surface area contributed by atoms with Crippen molar-refractivity contribution in [2.75, 3.05) is 49.6 Å². The van der Waals surface area contributed by atoms with Gasteiger partial charge in [0, 0.05) is 44.8 Å². The van der Waals surface area contributed by atoms with Crippen LogP contribution >= 0.6 is 0 Å². The van der Waals surface area contributed by atoms with Crippen LogP contribution in [0.2, 0.25) is 0 Å². The Balaban J connectivity index is 1.65. The quantitative estimate of drug-likeness (QED) is 0.630. The summed E-state index contributed by atoms with van der Waals surface area (Å²) in [5, 5.41) is 3.02. The number of likely N-dealkylation sites (tertiary alicyclic amines) is 1. The van der Waals surface area contributed by atoms with E-state index in [1.807, 2.05) is 37.5 Å². The van der Waals surface area contributed by atoms with Crippen molar-refractivity contribution in [3.8, 4) is 0 Å². The second-order valence-corrected chi connectivity index (χ2v) is 9.66. The zero-order valence-corrected chi connectivity index (χ0v) is 21.7. The van der Waals surface area contributed by atoms with Gasteiger partial charge in [0.25, 0.3) is 5.91 Å². The second kappa shape index (κ2) is 10.8. The molecule has 0 spiro atoms. The van der Waals surface area contributed by atoms with Crippen molar-refractivity contribution < 1.29 is 14.0 Å². The number of rotatable bonds is 7. The average Bonchev–Trinajstić information content (AvgIpc) is 3.37. The van der Waals surface area contributed by atoms with Crippen molar-refractivity contribution in [3.63, 3.8) is 0 Å². The SMILES string of the molecule is CCN(C(=O)c1cc(F)ccc1N1CCN(C2CCN(C(=O)C(C)NC)C2)c2ncncc21)C(C)C. The van der Waals surface area contributed by atoms with Gasteiger partial charge in [-0.05, 0) is 59.4 Å². The number of hydrogen-bond donors (Lipinski definition) is 1. The molecule has 2 unspecified atom stereocenters. The van der Waals surface area contributed by atoms with E-state index in [0.717, 1.165) is 17.9 Å². The molecule has 4 rings (SSSR count). The number of benzene rings is 1. The number of carbonyl (C=O) groups excluding carboxylic acids is 2. The minimum Gasteiger partial charge on any atom is -0.348 e. The van der Waals surface area contributed by atoms with Gasteiger partial charge in [-0.15, -0.1) is 0 Å². The molecule has 1 saturated heterocycles. The Labute approximate surface area is 212 Å². The lowest BCUT2D eigenvalue weighted by molar-refractivity contribution is -0.131. The average molecular weight is 498 g/mol. The third-order valence-electron chi connectivity index (χ3n) is 7.22. The molecule has 36 heavy (non-hydrogen) atoms. The van der Waals surface area contributed by atoms with Crippen molar-refractivity contribution in [3.05, 3.63) is 42.1 Å². The largest absolute Gasteiger partial charge is 0.348 e. The number of halogens is 1. The third-order valence-corrected chi connectivity index (χ3v) is 7.22. The van der Waals surface area contributed by atoms with Crippen LogP contribution in [0.4, 0.5) is 21.6 Å². The van der Waals surface area contributed by atoms with Gasteiger partial charge in [0.2, 0.25) is 5.91 Å². The van der Waals surface area contributed by atoms with Crippen LogP contribution in [0.3, 0.4) is 0 Å². The fourth-order valence-electron chi connectivity index (χ4n) is 5.17. The van der Waals surface area contributed by atoms with E-state index in [1.54, 1.807) is 24.2 Å². The number of nitrogens with zero attached hydrogens (tertiary/aromatic N) is 6. The molecule has 0 bridgehead atoms. The van der Waals surface area contributed by atoms with E-state index in [1.165, 1.54) is 18.5 Å². The van der Waals surface area contributed by atoms with Crippen LogP contribution in [0.1, 0.15) is 44.5 Å². The first-order valence-corrected chi connectivity index (χ1v) is 12.7. The number of amides is 2. The molecule has 1 fully saturated rings. The van der Waals surface area contributed by atoms with E-state index >= 15 is 0 Å². The molecule has 3 heterocycles. The van der Waals surface area contributed by atoms with Crippen LogP contribution < -0.4 is 15.1 Å². The Morgan fingerprint density at radius 3 is 2.67 bits per heavy atom. The van der Waals surface area contributed by atoms with Crippen molar-refractivity contribution in [2.45, 2.75) is 52.2 Å². The van der Waals surface area contributed by atoms with E-state index in [2.05, 4.69) is 20.2 Å². The summed E-state index contributed by atoms with van der Waals surface area (Å²) < 4.78 is 14.3. The highest BCUT2D eigenvalue weighted by Crippen LogP contribution is 2.39. The van der Waals surface area contributed by atoms with E-state index in [0.29, 0.717) is 44.0 Å². The number of fused-ring (bicyclic) bond motifs is 1. The first-order chi connectivity index (χ1) is 17.3. The Bertz CT molecular complexity index is 1110. The van der Waals surface area contributed by atoms with Crippen LogP contribution in [-0.2, 0) is 4.79 Å². The standard InChI is InChI=1S/C26H36FN7O2/c1-6-32(17(2)3)26(36)21-13-19(27)7-8-22(21)34-12-11-33(24-23(34)14-29-16-30-24)20-9-10-31(15-20)25(35)18(4)28-5/h7-8,13-14,16-18,20,28H,6,9-12,15H2,1-5H3. The van der Waals surface area contributed by atoms with Gasteiger partial charge in [0.1, 0.15) is 17.8 Å². The molecule has 9 nitrogen and oxygen atoms in total. The molecule has 0 aliphatic carbocycles. The lowest BCUT2D eigenvalue weighted by Gasteiger charge is -2.41. The Kier molecular flexibility index (Phi) is 7.73. The molecular formula is C26H36FN7O2. The minimum absolute atomic E-state index is 0.00951.